The number of aromatic nitrogens is 2. The van der Waals surface area contributed by atoms with Gasteiger partial charge in [-0.05, 0) is 31.9 Å². The third kappa shape index (κ3) is 3.52. The summed E-state index contributed by atoms with van der Waals surface area (Å²) in [5, 5.41) is 3.31. The summed E-state index contributed by atoms with van der Waals surface area (Å²) < 4.78 is 12.2. The third-order valence-corrected chi connectivity index (χ3v) is 5.68. The minimum atomic E-state index is 0.164. The van der Waals surface area contributed by atoms with Crippen molar-refractivity contribution in [2.75, 3.05) is 13.2 Å². The van der Waals surface area contributed by atoms with Crippen LogP contribution < -0.4 is 0 Å². The van der Waals surface area contributed by atoms with Gasteiger partial charge in [-0.3, -0.25) is 9.88 Å². The quantitative estimate of drug-likeness (QED) is 0.834. The standard InChI is InChI=1S/C18H23N3O2S/c1-13-20-15(12-24-13)10-21-8-9-22-18-16(21)5-6-17(18)23-11-14-4-2-3-7-19-14/h2-4,7,12,16-18H,5-6,8-11H2,1H3/t16-,17-,18+/m1/s1. The van der Waals surface area contributed by atoms with E-state index in [1.54, 1.807) is 11.3 Å². The Morgan fingerprint density at radius 2 is 2.29 bits per heavy atom. The van der Waals surface area contributed by atoms with Crippen LogP contribution in [0.1, 0.15) is 29.2 Å². The van der Waals surface area contributed by atoms with E-state index in [0.29, 0.717) is 12.6 Å². The molecule has 0 unspecified atom stereocenters. The molecule has 3 heterocycles. The van der Waals surface area contributed by atoms with Crippen LogP contribution in [0.5, 0.6) is 0 Å². The number of morpholine rings is 1. The maximum Gasteiger partial charge on any atom is 0.0992 e. The monoisotopic (exact) mass is 345 g/mol. The molecule has 1 aliphatic carbocycles. The zero-order valence-corrected chi connectivity index (χ0v) is 14.7. The molecule has 6 heteroatoms. The number of ether oxygens (including phenoxy) is 2. The molecule has 2 fully saturated rings. The highest BCUT2D eigenvalue weighted by molar-refractivity contribution is 7.09. The lowest BCUT2D eigenvalue weighted by Gasteiger charge is -2.38. The van der Waals surface area contributed by atoms with Crippen LogP contribution >= 0.6 is 11.3 Å². The van der Waals surface area contributed by atoms with Gasteiger partial charge in [-0.15, -0.1) is 11.3 Å². The Balaban J connectivity index is 1.37. The molecule has 0 aromatic carbocycles. The first kappa shape index (κ1) is 16.1. The summed E-state index contributed by atoms with van der Waals surface area (Å²) >= 11 is 1.72. The molecule has 1 saturated heterocycles. The number of pyridine rings is 1. The Labute approximate surface area is 146 Å². The number of aryl methyl sites for hydroxylation is 1. The molecule has 3 atom stereocenters. The van der Waals surface area contributed by atoms with Crippen molar-refractivity contribution >= 4 is 11.3 Å². The lowest BCUT2D eigenvalue weighted by Crippen LogP contribution is -2.51. The molecule has 2 aromatic heterocycles. The maximum atomic E-state index is 6.13. The van der Waals surface area contributed by atoms with Crippen molar-refractivity contribution < 1.29 is 9.47 Å². The van der Waals surface area contributed by atoms with Crippen molar-refractivity contribution in [3.8, 4) is 0 Å². The predicted molar refractivity (Wildman–Crippen MR) is 92.8 cm³/mol. The second-order valence-corrected chi connectivity index (χ2v) is 7.54. The van der Waals surface area contributed by atoms with Crippen LogP contribution in [0.2, 0.25) is 0 Å². The highest BCUT2D eigenvalue weighted by Crippen LogP contribution is 2.33. The summed E-state index contributed by atoms with van der Waals surface area (Å²) in [5.41, 5.74) is 2.16. The number of hydrogen-bond acceptors (Lipinski definition) is 6. The highest BCUT2D eigenvalue weighted by atomic mass is 32.1. The van der Waals surface area contributed by atoms with E-state index in [1.807, 2.05) is 24.4 Å². The van der Waals surface area contributed by atoms with Gasteiger partial charge in [-0.25, -0.2) is 4.98 Å². The molecule has 4 rings (SSSR count). The number of fused-ring (bicyclic) bond motifs is 1. The van der Waals surface area contributed by atoms with Crippen LogP contribution in [-0.2, 0) is 22.6 Å². The topological polar surface area (TPSA) is 47.5 Å². The summed E-state index contributed by atoms with van der Waals surface area (Å²) in [7, 11) is 0. The zero-order chi connectivity index (χ0) is 16.4. The molecule has 0 radical (unpaired) electrons. The Hall–Kier alpha value is -1.34. The SMILES string of the molecule is Cc1nc(CN2CCO[C@H]3[C@H]2CC[C@H]3OCc2ccccn2)cs1. The van der Waals surface area contributed by atoms with Crippen LogP contribution in [0.15, 0.2) is 29.8 Å². The predicted octanol–water partition coefficient (Wildman–Crippen LogP) is 2.80. The molecule has 24 heavy (non-hydrogen) atoms. The lowest BCUT2D eigenvalue weighted by atomic mass is 10.1. The molecule has 0 bridgehead atoms. The fourth-order valence-electron chi connectivity index (χ4n) is 3.73. The normalized spacial score (nSPS) is 27.3. The summed E-state index contributed by atoms with van der Waals surface area (Å²) in [6.45, 7) is 5.29. The average molecular weight is 345 g/mol. The first-order chi connectivity index (χ1) is 11.8. The fourth-order valence-corrected chi connectivity index (χ4v) is 4.34. The van der Waals surface area contributed by atoms with Crippen LogP contribution in [0.3, 0.4) is 0 Å². The summed E-state index contributed by atoms with van der Waals surface area (Å²) in [5.74, 6) is 0. The van der Waals surface area contributed by atoms with Gasteiger partial charge in [0.2, 0.25) is 0 Å². The Morgan fingerprint density at radius 1 is 1.33 bits per heavy atom. The number of thiazole rings is 1. The van der Waals surface area contributed by atoms with Gasteiger partial charge >= 0.3 is 0 Å². The molecule has 1 saturated carbocycles. The van der Waals surface area contributed by atoms with E-state index in [-0.39, 0.29) is 12.2 Å². The molecule has 2 aliphatic rings. The summed E-state index contributed by atoms with van der Waals surface area (Å²) in [6, 6.07) is 6.37. The van der Waals surface area contributed by atoms with Gasteiger partial charge in [-0.2, -0.15) is 0 Å². The van der Waals surface area contributed by atoms with Crippen LogP contribution in [-0.4, -0.2) is 46.3 Å². The van der Waals surface area contributed by atoms with Gasteiger partial charge in [0, 0.05) is 30.7 Å². The Morgan fingerprint density at radius 3 is 3.08 bits per heavy atom. The fraction of sp³-hybridized carbons (Fsp3) is 0.556. The molecule has 5 nitrogen and oxygen atoms in total. The molecular formula is C18H23N3O2S. The van der Waals surface area contributed by atoms with Crippen molar-refractivity contribution in [3.05, 3.63) is 46.2 Å². The van der Waals surface area contributed by atoms with Crippen LogP contribution in [0.25, 0.3) is 0 Å². The van der Waals surface area contributed by atoms with Gasteiger partial charge in [0.05, 0.1) is 41.8 Å². The van der Waals surface area contributed by atoms with E-state index in [0.717, 1.165) is 43.2 Å². The van der Waals surface area contributed by atoms with Crippen molar-refractivity contribution in [2.24, 2.45) is 0 Å². The van der Waals surface area contributed by atoms with Crippen molar-refractivity contribution in [3.63, 3.8) is 0 Å². The number of hydrogen-bond donors (Lipinski definition) is 0. The largest absolute Gasteiger partial charge is 0.373 e. The molecule has 1 aliphatic heterocycles. The average Bonchev–Trinajstić information content (AvgIpc) is 3.21. The highest BCUT2D eigenvalue weighted by Gasteiger charge is 2.43. The van der Waals surface area contributed by atoms with E-state index in [9.17, 15) is 0 Å². The summed E-state index contributed by atoms with van der Waals surface area (Å²) in [4.78, 5) is 11.5. The van der Waals surface area contributed by atoms with Gasteiger partial charge in [0.25, 0.3) is 0 Å². The minimum Gasteiger partial charge on any atom is -0.373 e. The lowest BCUT2D eigenvalue weighted by molar-refractivity contribution is -0.119. The number of rotatable bonds is 5. The van der Waals surface area contributed by atoms with Gasteiger partial charge < -0.3 is 9.47 Å². The van der Waals surface area contributed by atoms with Crippen molar-refractivity contribution in [1.82, 2.24) is 14.9 Å². The van der Waals surface area contributed by atoms with E-state index in [2.05, 4.69) is 27.2 Å². The molecule has 0 N–H and O–H groups in total. The van der Waals surface area contributed by atoms with Crippen molar-refractivity contribution in [1.29, 1.82) is 0 Å². The van der Waals surface area contributed by atoms with Gasteiger partial charge in [0.15, 0.2) is 0 Å². The molecular weight excluding hydrogens is 322 g/mol. The second kappa shape index (κ2) is 7.27. The first-order valence-electron chi connectivity index (χ1n) is 8.58. The van der Waals surface area contributed by atoms with Crippen LogP contribution in [0.4, 0.5) is 0 Å². The summed E-state index contributed by atoms with van der Waals surface area (Å²) in [6.07, 6.45) is 4.32. The van der Waals surface area contributed by atoms with E-state index >= 15 is 0 Å². The van der Waals surface area contributed by atoms with E-state index < -0.39 is 0 Å². The smallest absolute Gasteiger partial charge is 0.0992 e. The second-order valence-electron chi connectivity index (χ2n) is 6.48. The maximum absolute atomic E-state index is 6.13. The minimum absolute atomic E-state index is 0.164. The first-order valence-corrected chi connectivity index (χ1v) is 9.46. The Kier molecular flexibility index (Phi) is 4.89. The number of nitrogens with zero attached hydrogens (tertiary/aromatic N) is 3. The molecule has 0 spiro atoms. The molecule has 0 amide bonds. The van der Waals surface area contributed by atoms with Crippen LogP contribution in [0, 0.1) is 6.92 Å². The van der Waals surface area contributed by atoms with E-state index in [4.69, 9.17) is 9.47 Å². The molecule has 128 valence electrons. The van der Waals surface area contributed by atoms with Crippen molar-refractivity contribution in [2.45, 2.75) is 51.2 Å². The van der Waals surface area contributed by atoms with Gasteiger partial charge in [-0.1, -0.05) is 6.07 Å². The third-order valence-electron chi connectivity index (χ3n) is 4.85. The zero-order valence-electron chi connectivity index (χ0n) is 13.9. The molecule has 2 aromatic rings. The Bertz CT molecular complexity index is 663. The van der Waals surface area contributed by atoms with E-state index in [1.165, 1.54) is 5.69 Å². The van der Waals surface area contributed by atoms with Gasteiger partial charge in [0.1, 0.15) is 0 Å².